The summed E-state index contributed by atoms with van der Waals surface area (Å²) in [5.41, 5.74) is -0.0440. The molecule has 1 fully saturated rings. The molecular formula is C20H23N3O4. The van der Waals surface area contributed by atoms with Crippen molar-refractivity contribution in [2.24, 2.45) is 5.41 Å². The van der Waals surface area contributed by atoms with Crippen molar-refractivity contribution in [3.63, 3.8) is 0 Å². The van der Waals surface area contributed by atoms with E-state index in [-0.39, 0.29) is 11.8 Å². The van der Waals surface area contributed by atoms with Gasteiger partial charge >= 0.3 is 0 Å². The van der Waals surface area contributed by atoms with Gasteiger partial charge in [0.25, 0.3) is 0 Å². The number of ether oxygens (including phenoxy) is 2. The summed E-state index contributed by atoms with van der Waals surface area (Å²) in [6, 6.07) is 10.9. The van der Waals surface area contributed by atoms with E-state index in [9.17, 15) is 9.59 Å². The highest BCUT2D eigenvalue weighted by Gasteiger charge is 2.56. The van der Waals surface area contributed by atoms with Crippen molar-refractivity contribution >= 4 is 11.8 Å². The van der Waals surface area contributed by atoms with Crippen LogP contribution in [0.1, 0.15) is 18.4 Å². The molecule has 1 aromatic carbocycles. The van der Waals surface area contributed by atoms with E-state index in [2.05, 4.69) is 15.6 Å². The normalized spacial score (nSPS) is 14.1. The van der Waals surface area contributed by atoms with Gasteiger partial charge in [0.1, 0.15) is 23.5 Å². The minimum absolute atomic E-state index is 0.236. The molecule has 0 saturated heterocycles. The number of benzene rings is 1. The van der Waals surface area contributed by atoms with Gasteiger partial charge in [-0.2, -0.15) is 0 Å². The van der Waals surface area contributed by atoms with Crippen LogP contribution in [0.15, 0.2) is 48.8 Å². The van der Waals surface area contributed by atoms with Crippen LogP contribution in [0.3, 0.4) is 0 Å². The highest BCUT2D eigenvalue weighted by molar-refractivity contribution is 6.07. The van der Waals surface area contributed by atoms with Crippen molar-refractivity contribution in [1.29, 1.82) is 0 Å². The quantitative estimate of drug-likeness (QED) is 0.519. The van der Waals surface area contributed by atoms with Crippen LogP contribution < -0.4 is 20.1 Å². The molecule has 27 heavy (non-hydrogen) atoms. The lowest BCUT2D eigenvalue weighted by molar-refractivity contribution is -0.137. The van der Waals surface area contributed by atoms with Crippen LogP contribution in [0, 0.1) is 5.41 Å². The molecule has 0 radical (unpaired) electrons. The highest BCUT2D eigenvalue weighted by atomic mass is 16.5. The van der Waals surface area contributed by atoms with Gasteiger partial charge in [-0.05, 0) is 48.7 Å². The number of aromatic nitrogens is 1. The monoisotopic (exact) mass is 369 g/mol. The van der Waals surface area contributed by atoms with Gasteiger partial charge in [-0.3, -0.25) is 14.6 Å². The molecule has 3 rings (SSSR count). The Morgan fingerprint density at radius 3 is 2.41 bits per heavy atom. The lowest BCUT2D eigenvalue weighted by Crippen LogP contribution is -2.43. The van der Waals surface area contributed by atoms with Gasteiger partial charge in [0.15, 0.2) is 0 Å². The second kappa shape index (κ2) is 8.53. The Kier molecular flexibility index (Phi) is 5.90. The Morgan fingerprint density at radius 1 is 1.07 bits per heavy atom. The molecule has 0 bridgehead atoms. The molecule has 0 aliphatic heterocycles. The molecular weight excluding hydrogens is 346 g/mol. The summed E-state index contributed by atoms with van der Waals surface area (Å²) >= 11 is 0. The number of pyridine rings is 1. The maximum Gasteiger partial charge on any atom is 0.235 e. The fraction of sp³-hybridized carbons (Fsp3) is 0.350. The van der Waals surface area contributed by atoms with E-state index in [1.54, 1.807) is 43.8 Å². The molecule has 0 spiro atoms. The fourth-order valence-electron chi connectivity index (χ4n) is 2.71. The zero-order valence-electron chi connectivity index (χ0n) is 15.2. The van der Waals surface area contributed by atoms with Crippen LogP contribution in [0.25, 0.3) is 0 Å². The van der Waals surface area contributed by atoms with Crippen LogP contribution in [0.2, 0.25) is 0 Å². The number of hydrogen-bond donors (Lipinski definition) is 2. The zero-order chi connectivity index (χ0) is 19.1. The van der Waals surface area contributed by atoms with Crippen molar-refractivity contribution in [2.45, 2.75) is 19.4 Å². The van der Waals surface area contributed by atoms with E-state index >= 15 is 0 Å². The van der Waals surface area contributed by atoms with Crippen LogP contribution in [-0.2, 0) is 16.1 Å². The maximum atomic E-state index is 12.4. The molecule has 1 aliphatic rings. The molecule has 7 nitrogen and oxygen atoms in total. The smallest absolute Gasteiger partial charge is 0.235 e. The molecule has 1 aliphatic carbocycles. The van der Waals surface area contributed by atoms with Crippen LogP contribution in [0.5, 0.6) is 11.5 Å². The third kappa shape index (κ3) is 4.75. The van der Waals surface area contributed by atoms with E-state index in [4.69, 9.17) is 9.47 Å². The first-order chi connectivity index (χ1) is 13.1. The van der Waals surface area contributed by atoms with Crippen LogP contribution in [-0.4, -0.2) is 37.1 Å². The average molecular weight is 369 g/mol. The second-order valence-electron chi connectivity index (χ2n) is 6.41. The number of carbonyl (C=O) groups is 2. The van der Waals surface area contributed by atoms with E-state index in [1.165, 1.54) is 0 Å². The molecule has 0 atom stereocenters. The minimum Gasteiger partial charge on any atom is -0.497 e. The molecule has 0 unspecified atom stereocenters. The number of nitrogens with zero attached hydrogens (tertiary/aromatic N) is 1. The van der Waals surface area contributed by atoms with Crippen molar-refractivity contribution in [2.75, 3.05) is 20.3 Å². The van der Waals surface area contributed by atoms with Crippen molar-refractivity contribution in [1.82, 2.24) is 15.6 Å². The SMILES string of the molecule is COc1ccc(OCCNC(=O)C2(C(=O)NCc3cccnc3)CC2)cc1. The van der Waals surface area contributed by atoms with Crippen molar-refractivity contribution < 1.29 is 19.1 Å². The largest absolute Gasteiger partial charge is 0.497 e. The molecule has 7 heteroatoms. The van der Waals surface area contributed by atoms with E-state index in [1.807, 2.05) is 12.1 Å². The summed E-state index contributed by atoms with van der Waals surface area (Å²) in [7, 11) is 1.60. The van der Waals surface area contributed by atoms with Gasteiger partial charge in [-0.15, -0.1) is 0 Å². The van der Waals surface area contributed by atoms with Crippen LogP contribution >= 0.6 is 0 Å². The van der Waals surface area contributed by atoms with Gasteiger partial charge in [0.05, 0.1) is 13.7 Å². The second-order valence-corrected chi connectivity index (χ2v) is 6.41. The van der Waals surface area contributed by atoms with Gasteiger partial charge in [0.2, 0.25) is 11.8 Å². The first-order valence-corrected chi connectivity index (χ1v) is 8.86. The Labute approximate surface area is 158 Å². The Balaban J connectivity index is 1.40. The number of amides is 2. The summed E-state index contributed by atoms with van der Waals surface area (Å²) in [4.78, 5) is 28.8. The van der Waals surface area contributed by atoms with E-state index in [0.717, 1.165) is 11.3 Å². The van der Waals surface area contributed by atoms with E-state index < -0.39 is 5.41 Å². The first-order valence-electron chi connectivity index (χ1n) is 8.86. The van der Waals surface area contributed by atoms with Crippen molar-refractivity contribution in [3.05, 3.63) is 54.4 Å². The van der Waals surface area contributed by atoms with Gasteiger partial charge < -0.3 is 20.1 Å². The predicted molar refractivity (Wildman–Crippen MR) is 99.2 cm³/mol. The molecule has 2 aromatic rings. The molecule has 1 aromatic heterocycles. The number of methoxy groups -OCH3 is 1. The van der Waals surface area contributed by atoms with Crippen molar-refractivity contribution in [3.8, 4) is 11.5 Å². The summed E-state index contributed by atoms with van der Waals surface area (Å²) in [5, 5.41) is 5.62. The lowest BCUT2D eigenvalue weighted by atomic mass is 10.1. The molecule has 1 saturated carbocycles. The number of hydrogen-bond acceptors (Lipinski definition) is 5. The van der Waals surface area contributed by atoms with Gasteiger partial charge in [-0.25, -0.2) is 0 Å². The van der Waals surface area contributed by atoms with Gasteiger partial charge in [-0.1, -0.05) is 6.07 Å². The van der Waals surface area contributed by atoms with Crippen LogP contribution in [0.4, 0.5) is 0 Å². The third-order valence-electron chi connectivity index (χ3n) is 4.51. The minimum atomic E-state index is -0.942. The Bertz CT molecular complexity index is 774. The standard InChI is InChI=1S/C20H23N3O4/c1-26-16-4-6-17(7-5-16)27-12-11-22-18(24)20(8-9-20)19(25)23-14-15-3-2-10-21-13-15/h2-7,10,13H,8-9,11-12,14H2,1H3,(H,22,24)(H,23,25). The summed E-state index contributed by atoms with van der Waals surface area (Å²) in [6.07, 6.45) is 4.50. The number of nitrogens with one attached hydrogen (secondary N) is 2. The maximum absolute atomic E-state index is 12.4. The molecule has 1 heterocycles. The lowest BCUT2D eigenvalue weighted by Gasteiger charge is -2.15. The Hall–Kier alpha value is -3.09. The first kappa shape index (κ1) is 18.7. The number of carbonyl (C=O) groups excluding carboxylic acids is 2. The summed E-state index contributed by atoms with van der Waals surface area (Å²) in [5.74, 6) is 0.966. The third-order valence-corrected chi connectivity index (χ3v) is 4.51. The molecule has 2 N–H and O–H groups in total. The highest BCUT2D eigenvalue weighted by Crippen LogP contribution is 2.46. The molecule has 142 valence electrons. The average Bonchev–Trinajstić information content (AvgIpc) is 3.52. The summed E-state index contributed by atoms with van der Waals surface area (Å²) in [6.45, 7) is 1.02. The summed E-state index contributed by atoms with van der Waals surface area (Å²) < 4.78 is 10.7. The zero-order valence-corrected chi connectivity index (χ0v) is 15.2. The molecule has 2 amide bonds. The topological polar surface area (TPSA) is 89.5 Å². The predicted octanol–water partition coefficient (Wildman–Crippen LogP) is 1.68. The number of rotatable bonds is 9. The Morgan fingerprint density at radius 2 is 1.78 bits per heavy atom. The van der Waals surface area contributed by atoms with E-state index in [0.29, 0.717) is 38.3 Å². The fourth-order valence-corrected chi connectivity index (χ4v) is 2.71. The van der Waals surface area contributed by atoms with Gasteiger partial charge in [0, 0.05) is 18.9 Å².